The van der Waals surface area contributed by atoms with Crippen LogP contribution in [0.1, 0.15) is 34.1 Å². The summed E-state index contributed by atoms with van der Waals surface area (Å²) < 4.78 is 0. The fraction of sp³-hybridized carbons (Fsp3) is 0.923. The molecule has 1 fully saturated rings. The number of nitrogens with zero attached hydrogens (tertiary/aromatic N) is 2. The molecule has 100 valence electrons. The van der Waals surface area contributed by atoms with Gasteiger partial charge in [0.2, 0.25) is 5.91 Å². The van der Waals surface area contributed by atoms with Gasteiger partial charge >= 0.3 is 0 Å². The summed E-state index contributed by atoms with van der Waals surface area (Å²) in [6, 6.07) is 0. The van der Waals surface area contributed by atoms with E-state index in [1.54, 1.807) is 0 Å². The van der Waals surface area contributed by atoms with Crippen LogP contribution in [0.3, 0.4) is 0 Å². The largest absolute Gasteiger partial charge is 0.341 e. The number of hydrogen-bond acceptors (Lipinski definition) is 3. The molecule has 4 nitrogen and oxygen atoms in total. The van der Waals surface area contributed by atoms with Crippen molar-refractivity contribution in [1.82, 2.24) is 15.1 Å². The lowest BCUT2D eigenvalue weighted by molar-refractivity contribution is -0.143. The summed E-state index contributed by atoms with van der Waals surface area (Å²) in [7, 11) is 0. The number of hydrogen-bond donors (Lipinski definition) is 1. The van der Waals surface area contributed by atoms with Crippen LogP contribution in [0.2, 0.25) is 0 Å². The first-order chi connectivity index (χ1) is 8.04. The first-order valence-corrected chi connectivity index (χ1v) is 6.79. The van der Waals surface area contributed by atoms with Crippen LogP contribution in [0.5, 0.6) is 0 Å². The molecular formula is C13H27N3O. The zero-order chi connectivity index (χ0) is 12.9. The number of carbonyl (C=O) groups is 1. The molecule has 1 aliphatic heterocycles. The monoisotopic (exact) mass is 241 g/mol. The Labute approximate surface area is 105 Å². The molecule has 1 aliphatic rings. The molecule has 0 atom stereocenters. The highest BCUT2D eigenvalue weighted by atomic mass is 16.2. The van der Waals surface area contributed by atoms with Crippen LogP contribution in [-0.2, 0) is 4.79 Å². The summed E-state index contributed by atoms with van der Waals surface area (Å²) in [6.07, 6.45) is 1.03. The Kier molecular flexibility index (Phi) is 5.40. The molecule has 0 aromatic carbocycles. The lowest BCUT2D eigenvalue weighted by Gasteiger charge is -2.42. The third-order valence-corrected chi connectivity index (χ3v) is 3.59. The van der Waals surface area contributed by atoms with Crippen LogP contribution in [0.4, 0.5) is 0 Å². The Morgan fingerprint density at radius 1 is 1.29 bits per heavy atom. The first kappa shape index (κ1) is 14.5. The maximum Gasteiger partial charge on any atom is 0.242 e. The number of piperazine rings is 1. The summed E-state index contributed by atoms with van der Waals surface area (Å²) >= 11 is 0. The lowest BCUT2D eigenvalue weighted by Crippen LogP contribution is -2.60. The number of nitrogens with one attached hydrogen (secondary N) is 1. The van der Waals surface area contributed by atoms with E-state index in [1.807, 2.05) is 4.90 Å². The molecule has 4 heteroatoms. The normalized spacial score (nSPS) is 18.1. The van der Waals surface area contributed by atoms with Gasteiger partial charge in [-0.25, -0.2) is 0 Å². The molecule has 1 heterocycles. The van der Waals surface area contributed by atoms with E-state index in [1.165, 1.54) is 0 Å². The molecule has 0 aromatic heterocycles. The topological polar surface area (TPSA) is 35.6 Å². The molecule has 0 spiro atoms. The third-order valence-electron chi connectivity index (χ3n) is 3.59. The van der Waals surface area contributed by atoms with Crippen LogP contribution in [0, 0.1) is 0 Å². The van der Waals surface area contributed by atoms with Crippen molar-refractivity contribution in [3.8, 4) is 0 Å². The molecule has 1 saturated heterocycles. The van der Waals surface area contributed by atoms with Gasteiger partial charge in [-0.05, 0) is 27.2 Å². The second-order valence-electron chi connectivity index (χ2n) is 5.18. The third kappa shape index (κ3) is 3.42. The van der Waals surface area contributed by atoms with E-state index in [0.717, 1.165) is 45.7 Å². The van der Waals surface area contributed by atoms with E-state index in [4.69, 9.17) is 0 Å². The van der Waals surface area contributed by atoms with E-state index in [0.29, 0.717) is 0 Å². The Hall–Kier alpha value is -0.610. The van der Waals surface area contributed by atoms with Crippen molar-refractivity contribution in [3.63, 3.8) is 0 Å². The molecule has 0 bridgehead atoms. The van der Waals surface area contributed by atoms with Gasteiger partial charge in [-0.1, -0.05) is 6.92 Å². The van der Waals surface area contributed by atoms with Gasteiger partial charge in [0, 0.05) is 39.3 Å². The van der Waals surface area contributed by atoms with Crippen LogP contribution in [0.15, 0.2) is 0 Å². The average Bonchev–Trinajstić information content (AvgIpc) is 2.36. The summed E-state index contributed by atoms with van der Waals surface area (Å²) in [4.78, 5) is 16.8. The highest BCUT2D eigenvalue weighted by Gasteiger charge is 2.37. The smallest absolute Gasteiger partial charge is 0.242 e. The van der Waals surface area contributed by atoms with Gasteiger partial charge in [-0.15, -0.1) is 0 Å². The van der Waals surface area contributed by atoms with Gasteiger partial charge in [0.1, 0.15) is 0 Å². The van der Waals surface area contributed by atoms with Crippen LogP contribution < -0.4 is 5.32 Å². The maximum absolute atomic E-state index is 12.5. The number of carbonyl (C=O) groups excluding carboxylic acids is 1. The highest BCUT2D eigenvalue weighted by molar-refractivity contribution is 5.85. The lowest BCUT2D eigenvalue weighted by atomic mass is 9.99. The predicted molar refractivity (Wildman–Crippen MR) is 71.1 cm³/mol. The Morgan fingerprint density at radius 2 is 1.88 bits per heavy atom. The van der Waals surface area contributed by atoms with E-state index in [9.17, 15) is 4.79 Å². The van der Waals surface area contributed by atoms with Crippen molar-refractivity contribution in [1.29, 1.82) is 0 Å². The maximum atomic E-state index is 12.5. The second-order valence-corrected chi connectivity index (χ2v) is 5.18. The van der Waals surface area contributed by atoms with Crippen LogP contribution in [-0.4, -0.2) is 60.5 Å². The summed E-state index contributed by atoms with van der Waals surface area (Å²) in [5, 5.41) is 3.33. The van der Waals surface area contributed by atoms with Crippen molar-refractivity contribution < 1.29 is 4.79 Å². The minimum atomic E-state index is -0.368. The molecule has 1 amide bonds. The van der Waals surface area contributed by atoms with E-state index >= 15 is 0 Å². The van der Waals surface area contributed by atoms with Crippen molar-refractivity contribution in [2.75, 3.05) is 39.3 Å². The quantitative estimate of drug-likeness (QED) is 0.778. The molecule has 1 rings (SSSR count). The Bertz CT molecular complexity index is 247. The highest BCUT2D eigenvalue weighted by Crippen LogP contribution is 2.18. The van der Waals surface area contributed by atoms with E-state index in [2.05, 4.69) is 37.9 Å². The van der Waals surface area contributed by atoms with Gasteiger partial charge in [0.05, 0.1) is 5.54 Å². The Morgan fingerprint density at radius 3 is 2.35 bits per heavy atom. The van der Waals surface area contributed by atoms with E-state index < -0.39 is 0 Å². The van der Waals surface area contributed by atoms with Gasteiger partial charge in [-0.2, -0.15) is 0 Å². The molecule has 0 aliphatic carbocycles. The first-order valence-electron chi connectivity index (χ1n) is 6.79. The molecule has 0 aromatic rings. The zero-order valence-electron chi connectivity index (χ0n) is 11.8. The molecular weight excluding hydrogens is 214 g/mol. The molecule has 0 saturated carbocycles. The van der Waals surface area contributed by atoms with E-state index in [-0.39, 0.29) is 11.4 Å². The van der Waals surface area contributed by atoms with Crippen molar-refractivity contribution in [3.05, 3.63) is 0 Å². The standard InChI is InChI=1S/C13H27N3O/c1-5-9-15(6-2)12(17)13(3,4)16-10-7-14-8-11-16/h14H,5-11H2,1-4H3. The number of rotatable bonds is 5. The van der Waals surface area contributed by atoms with Crippen LogP contribution in [0.25, 0.3) is 0 Å². The second kappa shape index (κ2) is 6.36. The predicted octanol–water partition coefficient (Wildman–Crippen LogP) is 0.929. The van der Waals surface area contributed by atoms with Crippen molar-refractivity contribution in [2.24, 2.45) is 0 Å². The Balaban J connectivity index is 2.69. The minimum Gasteiger partial charge on any atom is -0.341 e. The van der Waals surface area contributed by atoms with Crippen LogP contribution >= 0.6 is 0 Å². The molecule has 0 unspecified atom stereocenters. The molecule has 0 radical (unpaired) electrons. The number of amides is 1. The van der Waals surface area contributed by atoms with Crippen molar-refractivity contribution in [2.45, 2.75) is 39.7 Å². The summed E-state index contributed by atoms with van der Waals surface area (Å²) in [6.45, 7) is 13.8. The van der Waals surface area contributed by atoms with Gasteiger partial charge < -0.3 is 10.2 Å². The fourth-order valence-electron chi connectivity index (χ4n) is 2.42. The van der Waals surface area contributed by atoms with Gasteiger partial charge in [-0.3, -0.25) is 9.69 Å². The SMILES string of the molecule is CCCN(CC)C(=O)C(C)(C)N1CCNCC1. The average molecular weight is 241 g/mol. The minimum absolute atomic E-state index is 0.267. The zero-order valence-corrected chi connectivity index (χ0v) is 11.8. The van der Waals surface area contributed by atoms with Crippen molar-refractivity contribution >= 4 is 5.91 Å². The fourth-order valence-corrected chi connectivity index (χ4v) is 2.42. The van der Waals surface area contributed by atoms with Gasteiger partial charge in [0.15, 0.2) is 0 Å². The molecule has 17 heavy (non-hydrogen) atoms. The number of likely N-dealkylation sites (N-methyl/N-ethyl adjacent to an activating group) is 1. The summed E-state index contributed by atoms with van der Waals surface area (Å²) in [5.74, 6) is 0.267. The summed E-state index contributed by atoms with van der Waals surface area (Å²) in [5.41, 5.74) is -0.368. The molecule has 1 N–H and O–H groups in total. The van der Waals surface area contributed by atoms with Gasteiger partial charge in [0.25, 0.3) is 0 Å².